The number of hydrogen-bond acceptors (Lipinski definition) is 5. The number of aromatic amines is 1. The van der Waals surface area contributed by atoms with E-state index in [-0.39, 0.29) is 11.7 Å². The molecule has 0 spiro atoms. The van der Waals surface area contributed by atoms with E-state index >= 15 is 0 Å². The van der Waals surface area contributed by atoms with Gasteiger partial charge in [0.25, 0.3) is 11.5 Å². The Morgan fingerprint density at radius 3 is 2.34 bits per heavy atom. The van der Waals surface area contributed by atoms with Crippen molar-refractivity contribution in [1.82, 2.24) is 14.5 Å². The average Bonchev–Trinajstić information content (AvgIpc) is 3.23. The fourth-order valence-corrected chi connectivity index (χ4v) is 4.80. The number of rotatable bonds is 1. The van der Waals surface area contributed by atoms with Gasteiger partial charge in [-0.15, -0.1) is 0 Å². The second-order valence-electron chi connectivity index (χ2n) is 9.34. The molecule has 1 N–H and O–H groups in total. The van der Waals surface area contributed by atoms with Crippen LogP contribution in [0.2, 0.25) is 5.02 Å². The predicted molar refractivity (Wildman–Crippen MR) is 159 cm³/mol. The Bertz CT molecular complexity index is 2020. The molecule has 3 heterocycles. The van der Waals surface area contributed by atoms with Crippen molar-refractivity contribution >= 4 is 39.9 Å². The van der Waals surface area contributed by atoms with Crippen LogP contribution in [-0.4, -0.2) is 26.2 Å². The molecule has 1 amide bonds. The van der Waals surface area contributed by atoms with E-state index in [1.54, 1.807) is 51.4 Å². The van der Waals surface area contributed by atoms with Crippen LogP contribution >= 0.6 is 11.6 Å². The van der Waals surface area contributed by atoms with Crippen molar-refractivity contribution in [3.63, 3.8) is 0 Å². The summed E-state index contributed by atoms with van der Waals surface area (Å²) in [7, 11) is 1.60. The summed E-state index contributed by atoms with van der Waals surface area (Å²) in [5, 5.41) is 0.828. The number of ketones is 1. The third-order valence-corrected chi connectivity index (χ3v) is 7.08. The highest BCUT2D eigenvalue weighted by atomic mass is 35.5. The Morgan fingerprint density at radius 1 is 0.878 bits per heavy atom. The van der Waals surface area contributed by atoms with E-state index in [0.717, 1.165) is 16.7 Å². The van der Waals surface area contributed by atoms with E-state index in [1.165, 1.54) is 21.7 Å². The number of nitrogens with one attached hydrogen (secondary N) is 1. The zero-order valence-corrected chi connectivity index (χ0v) is 23.1. The maximum Gasteiger partial charge on any atom is 0.328 e. The zero-order valence-electron chi connectivity index (χ0n) is 22.4. The van der Waals surface area contributed by atoms with Gasteiger partial charge in [-0.3, -0.25) is 33.8 Å². The molecule has 1 aliphatic heterocycles. The molecule has 4 aromatic rings. The SMILES string of the molecule is CC1=C2C=CC(=O)C(C)=C2N(c2ccc(C#Cc3ccccc3)cc2Cl)C1=O.Cn1c(=O)[nH]c(=O)c2cnccc21. The van der Waals surface area contributed by atoms with E-state index in [9.17, 15) is 19.2 Å². The number of hydrogen-bond donors (Lipinski definition) is 1. The van der Waals surface area contributed by atoms with Gasteiger partial charge in [-0.25, -0.2) is 4.79 Å². The quantitative estimate of drug-likeness (QED) is 0.345. The first kappa shape index (κ1) is 27.3. The average molecular weight is 563 g/mol. The fourth-order valence-electron chi connectivity index (χ4n) is 4.53. The number of halogens is 1. The summed E-state index contributed by atoms with van der Waals surface area (Å²) < 4.78 is 1.37. The monoisotopic (exact) mass is 562 g/mol. The van der Waals surface area contributed by atoms with Gasteiger partial charge >= 0.3 is 5.69 Å². The van der Waals surface area contributed by atoms with Crippen molar-refractivity contribution < 1.29 is 9.59 Å². The van der Waals surface area contributed by atoms with Crippen LogP contribution in [0, 0.1) is 11.8 Å². The lowest BCUT2D eigenvalue weighted by molar-refractivity contribution is -0.114. The standard InChI is InChI=1S/C24H16ClNO2.C8H7N3O2/c1-15-19-11-13-22(27)16(2)23(19)26(24(15)28)21-12-10-18(14-20(21)25)9-8-17-6-4-3-5-7-17;1-11-6-2-3-9-4-5(6)7(12)10-8(11)13/h3-7,10-14H,1-2H3;2-4H,1H3,(H,10,12,13). The van der Waals surface area contributed by atoms with Crippen molar-refractivity contribution in [2.75, 3.05) is 4.90 Å². The summed E-state index contributed by atoms with van der Waals surface area (Å²) in [6, 6.07) is 16.6. The zero-order chi connectivity index (χ0) is 29.3. The predicted octanol–water partition coefficient (Wildman–Crippen LogP) is 4.44. The highest BCUT2D eigenvalue weighted by Gasteiger charge is 2.37. The molecule has 8 nitrogen and oxygen atoms in total. The molecule has 6 rings (SSSR count). The molecule has 0 radical (unpaired) electrons. The molecule has 0 bridgehead atoms. The van der Waals surface area contributed by atoms with Gasteiger partial charge < -0.3 is 0 Å². The Balaban J connectivity index is 0.000000216. The number of amides is 1. The number of fused-ring (bicyclic) bond motifs is 2. The molecule has 2 aliphatic rings. The van der Waals surface area contributed by atoms with Crippen molar-refractivity contribution in [3.05, 3.63) is 139 Å². The Hall–Kier alpha value is -5.26. The van der Waals surface area contributed by atoms with Gasteiger partial charge in [0.15, 0.2) is 5.78 Å². The minimum atomic E-state index is -0.413. The van der Waals surface area contributed by atoms with E-state index < -0.39 is 11.2 Å². The lowest BCUT2D eigenvalue weighted by Gasteiger charge is -2.24. The number of anilines is 1. The van der Waals surface area contributed by atoms with Gasteiger partial charge in [-0.1, -0.05) is 41.6 Å². The number of H-pyrrole nitrogens is 1. The van der Waals surface area contributed by atoms with Gasteiger partial charge in [0, 0.05) is 47.3 Å². The molecule has 2 aromatic carbocycles. The molecule has 41 heavy (non-hydrogen) atoms. The van der Waals surface area contributed by atoms with Crippen LogP contribution in [0.4, 0.5) is 5.69 Å². The summed E-state index contributed by atoms with van der Waals surface area (Å²) in [4.78, 5) is 54.9. The maximum absolute atomic E-state index is 12.9. The summed E-state index contributed by atoms with van der Waals surface area (Å²) in [6.07, 6.45) is 6.18. The van der Waals surface area contributed by atoms with Crippen LogP contribution in [0.25, 0.3) is 10.9 Å². The number of pyridine rings is 1. The highest BCUT2D eigenvalue weighted by molar-refractivity contribution is 6.35. The number of carbonyl (C=O) groups is 2. The summed E-state index contributed by atoms with van der Waals surface area (Å²) >= 11 is 6.51. The van der Waals surface area contributed by atoms with Crippen LogP contribution in [0.1, 0.15) is 25.0 Å². The molecular weight excluding hydrogens is 540 g/mol. The largest absolute Gasteiger partial charge is 0.328 e. The van der Waals surface area contributed by atoms with E-state index in [2.05, 4.69) is 21.8 Å². The Morgan fingerprint density at radius 2 is 1.61 bits per heavy atom. The number of nitrogens with zero attached hydrogens (tertiary/aromatic N) is 3. The van der Waals surface area contributed by atoms with E-state index in [1.807, 2.05) is 36.4 Å². The number of benzene rings is 2. The molecule has 0 saturated carbocycles. The van der Waals surface area contributed by atoms with Gasteiger partial charge in [-0.05, 0) is 62.4 Å². The van der Waals surface area contributed by atoms with Crippen molar-refractivity contribution in [2.24, 2.45) is 7.05 Å². The first-order valence-corrected chi connectivity index (χ1v) is 12.9. The molecule has 0 atom stereocenters. The molecule has 0 unspecified atom stereocenters. The smallest absolute Gasteiger partial charge is 0.296 e. The molecule has 2 aromatic heterocycles. The molecule has 202 valence electrons. The molecular formula is C32H23ClN4O4. The summed E-state index contributed by atoms with van der Waals surface area (Å²) in [6.45, 7) is 3.49. The van der Waals surface area contributed by atoms with Crippen LogP contribution in [-0.2, 0) is 16.6 Å². The highest BCUT2D eigenvalue weighted by Crippen LogP contribution is 2.41. The van der Waals surface area contributed by atoms with Gasteiger partial charge in [0.1, 0.15) is 0 Å². The molecule has 9 heteroatoms. The van der Waals surface area contributed by atoms with Crippen molar-refractivity contribution in [3.8, 4) is 11.8 Å². The van der Waals surface area contributed by atoms with E-state index in [4.69, 9.17) is 11.6 Å². The first-order valence-electron chi connectivity index (χ1n) is 12.6. The lowest BCUT2D eigenvalue weighted by Crippen LogP contribution is -2.28. The van der Waals surface area contributed by atoms with Crippen LogP contribution in [0.15, 0.2) is 111 Å². The first-order chi connectivity index (χ1) is 19.7. The van der Waals surface area contributed by atoms with E-state index in [0.29, 0.717) is 38.5 Å². The second kappa shape index (κ2) is 11.1. The number of carbonyl (C=O) groups excluding carboxylic acids is 2. The summed E-state index contributed by atoms with van der Waals surface area (Å²) in [5.74, 6) is 5.90. The van der Waals surface area contributed by atoms with Crippen LogP contribution in [0.3, 0.4) is 0 Å². The second-order valence-corrected chi connectivity index (χ2v) is 9.75. The number of aromatic nitrogens is 3. The fraction of sp³-hybridized carbons (Fsp3) is 0.0938. The number of allylic oxidation sites excluding steroid dienone is 3. The van der Waals surface area contributed by atoms with Gasteiger partial charge in [0.05, 0.1) is 27.3 Å². The number of aryl methyl sites for hydroxylation is 1. The van der Waals surface area contributed by atoms with Crippen LogP contribution < -0.4 is 16.1 Å². The molecule has 0 saturated heterocycles. The molecule has 0 fully saturated rings. The normalized spacial score (nSPS) is 14.1. The maximum atomic E-state index is 12.9. The lowest BCUT2D eigenvalue weighted by atomic mass is 9.97. The Labute approximate surface area is 239 Å². The minimum Gasteiger partial charge on any atom is -0.296 e. The topological polar surface area (TPSA) is 105 Å². The van der Waals surface area contributed by atoms with Crippen molar-refractivity contribution in [1.29, 1.82) is 0 Å². The van der Waals surface area contributed by atoms with Gasteiger partial charge in [-0.2, -0.15) is 0 Å². The van der Waals surface area contributed by atoms with Gasteiger partial charge in [0.2, 0.25) is 0 Å². The third-order valence-electron chi connectivity index (χ3n) is 6.78. The molecule has 1 aliphatic carbocycles. The van der Waals surface area contributed by atoms with Crippen LogP contribution in [0.5, 0.6) is 0 Å². The third kappa shape index (κ3) is 5.19. The Kier molecular flexibility index (Phi) is 7.38. The van der Waals surface area contributed by atoms with Crippen molar-refractivity contribution in [2.45, 2.75) is 13.8 Å². The summed E-state index contributed by atoms with van der Waals surface area (Å²) in [5.41, 5.74) is 4.50. The minimum absolute atomic E-state index is 0.104.